The Morgan fingerprint density at radius 3 is 2.91 bits per heavy atom. The number of aromatic amines is 1. The van der Waals surface area contributed by atoms with E-state index in [1.807, 2.05) is 24.3 Å². The molecule has 3 heterocycles. The number of aromatic nitrogens is 5. The molecule has 3 aromatic heterocycles. The van der Waals surface area contributed by atoms with Crippen molar-refractivity contribution in [3.63, 3.8) is 0 Å². The Morgan fingerprint density at radius 1 is 1.18 bits per heavy atom. The first-order chi connectivity index (χ1) is 10.8. The summed E-state index contributed by atoms with van der Waals surface area (Å²) in [7, 11) is 0. The first-order valence-electron chi connectivity index (χ1n) is 6.62. The maximum atomic E-state index is 6.01. The Kier molecular flexibility index (Phi) is 3.08. The second kappa shape index (κ2) is 5.23. The first kappa shape index (κ1) is 13.0. The maximum Gasteiger partial charge on any atom is 0.218 e. The highest BCUT2D eigenvalue weighted by Gasteiger charge is 2.14. The van der Waals surface area contributed by atoms with Crippen LogP contribution in [0.3, 0.4) is 0 Å². The molecule has 0 atom stereocenters. The summed E-state index contributed by atoms with van der Waals surface area (Å²) in [6.07, 6.45) is 1.57. The van der Waals surface area contributed by atoms with Gasteiger partial charge in [-0.05, 0) is 24.3 Å². The Bertz CT molecular complexity index is 878. The van der Waals surface area contributed by atoms with Crippen LogP contribution in [0.5, 0.6) is 0 Å². The van der Waals surface area contributed by atoms with Gasteiger partial charge in [-0.2, -0.15) is 0 Å². The molecule has 7 nitrogen and oxygen atoms in total. The van der Waals surface area contributed by atoms with Gasteiger partial charge >= 0.3 is 0 Å². The van der Waals surface area contributed by atoms with Gasteiger partial charge in [0.05, 0.1) is 23.0 Å². The lowest BCUT2D eigenvalue weighted by Gasteiger charge is -2.00. The van der Waals surface area contributed by atoms with Crippen LogP contribution >= 0.6 is 11.8 Å². The number of hydrogen-bond acceptors (Lipinski definition) is 6. The fourth-order valence-corrected chi connectivity index (χ4v) is 2.88. The lowest BCUT2D eigenvalue weighted by Crippen LogP contribution is -2.11. The smallest absolute Gasteiger partial charge is 0.218 e. The molecule has 4 aromatic rings. The average Bonchev–Trinajstić information content (AvgIpc) is 3.24. The molecular formula is C14H12N6OS. The van der Waals surface area contributed by atoms with Crippen molar-refractivity contribution >= 4 is 22.8 Å². The standard InChI is InChI=1S/C14H12N6OS/c15-20-13(11-6-3-7-21-11)18-19-14(20)22-8-12-16-9-4-1-2-5-10(9)17-12/h1-7H,8,15H2,(H,16,17). The van der Waals surface area contributed by atoms with E-state index in [9.17, 15) is 0 Å². The third-order valence-electron chi connectivity index (χ3n) is 3.18. The van der Waals surface area contributed by atoms with Crippen LogP contribution in [-0.4, -0.2) is 24.8 Å². The maximum absolute atomic E-state index is 6.01. The molecule has 22 heavy (non-hydrogen) atoms. The van der Waals surface area contributed by atoms with Crippen molar-refractivity contribution in [1.82, 2.24) is 24.8 Å². The van der Waals surface area contributed by atoms with E-state index in [1.165, 1.54) is 16.4 Å². The van der Waals surface area contributed by atoms with Gasteiger partial charge in [0, 0.05) is 0 Å². The van der Waals surface area contributed by atoms with Crippen molar-refractivity contribution in [2.45, 2.75) is 10.9 Å². The minimum Gasteiger partial charge on any atom is -0.461 e. The van der Waals surface area contributed by atoms with Crippen molar-refractivity contribution in [3.05, 3.63) is 48.5 Å². The summed E-state index contributed by atoms with van der Waals surface area (Å²) < 4.78 is 6.71. The van der Waals surface area contributed by atoms with E-state index in [4.69, 9.17) is 10.3 Å². The van der Waals surface area contributed by atoms with Crippen molar-refractivity contribution in [3.8, 4) is 11.6 Å². The lowest BCUT2D eigenvalue weighted by molar-refractivity contribution is 0.574. The summed E-state index contributed by atoms with van der Waals surface area (Å²) in [4.78, 5) is 7.79. The largest absolute Gasteiger partial charge is 0.461 e. The van der Waals surface area contributed by atoms with Gasteiger partial charge < -0.3 is 15.2 Å². The number of fused-ring (bicyclic) bond motifs is 1. The first-order valence-corrected chi connectivity index (χ1v) is 7.60. The van der Waals surface area contributed by atoms with Crippen LogP contribution in [0.1, 0.15) is 5.82 Å². The normalized spacial score (nSPS) is 11.3. The second-order valence-electron chi connectivity index (χ2n) is 4.64. The Morgan fingerprint density at radius 2 is 2.09 bits per heavy atom. The van der Waals surface area contributed by atoms with E-state index in [0.29, 0.717) is 22.5 Å². The number of rotatable bonds is 4. The van der Waals surface area contributed by atoms with Crippen molar-refractivity contribution < 1.29 is 4.42 Å². The van der Waals surface area contributed by atoms with Gasteiger partial charge in [0.2, 0.25) is 11.0 Å². The molecule has 8 heteroatoms. The van der Waals surface area contributed by atoms with Crippen molar-refractivity contribution in [2.75, 3.05) is 5.84 Å². The van der Waals surface area contributed by atoms with E-state index in [2.05, 4.69) is 20.2 Å². The number of nitrogen functional groups attached to an aromatic ring is 1. The molecule has 0 aliphatic rings. The minimum absolute atomic E-state index is 0.497. The highest BCUT2D eigenvalue weighted by molar-refractivity contribution is 7.98. The number of hydrogen-bond donors (Lipinski definition) is 2. The predicted molar refractivity (Wildman–Crippen MR) is 83.5 cm³/mol. The SMILES string of the molecule is Nn1c(SCc2nc3ccccc3[nH]2)nnc1-c1ccco1. The lowest BCUT2D eigenvalue weighted by atomic mass is 10.3. The molecule has 0 aliphatic heterocycles. The van der Waals surface area contributed by atoms with Crippen LogP contribution in [0.4, 0.5) is 0 Å². The topological polar surface area (TPSA) is 98.6 Å². The molecule has 0 saturated heterocycles. The van der Waals surface area contributed by atoms with E-state index in [0.717, 1.165) is 16.9 Å². The average molecular weight is 312 g/mol. The van der Waals surface area contributed by atoms with Gasteiger partial charge in [-0.3, -0.25) is 0 Å². The van der Waals surface area contributed by atoms with Gasteiger partial charge in [0.15, 0.2) is 5.76 Å². The van der Waals surface area contributed by atoms with Crippen LogP contribution in [-0.2, 0) is 5.75 Å². The Hall–Kier alpha value is -2.74. The highest BCUT2D eigenvalue weighted by Crippen LogP contribution is 2.24. The van der Waals surface area contributed by atoms with Crippen LogP contribution in [0.15, 0.2) is 52.2 Å². The van der Waals surface area contributed by atoms with Gasteiger partial charge in [-0.25, -0.2) is 9.66 Å². The number of imidazole rings is 1. The molecule has 0 radical (unpaired) electrons. The Labute approximate surface area is 129 Å². The molecule has 0 bridgehead atoms. The zero-order chi connectivity index (χ0) is 14.9. The van der Waals surface area contributed by atoms with Gasteiger partial charge in [-0.1, -0.05) is 23.9 Å². The summed E-state index contributed by atoms with van der Waals surface area (Å²) >= 11 is 1.46. The third kappa shape index (κ3) is 2.23. The number of benzene rings is 1. The number of nitrogens with one attached hydrogen (secondary N) is 1. The van der Waals surface area contributed by atoms with Gasteiger partial charge in [0.1, 0.15) is 5.82 Å². The summed E-state index contributed by atoms with van der Waals surface area (Å²) in [5, 5.41) is 8.75. The van der Waals surface area contributed by atoms with Crippen LogP contribution < -0.4 is 5.84 Å². The zero-order valence-corrected chi connectivity index (χ0v) is 12.2. The van der Waals surface area contributed by atoms with E-state index in [-0.39, 0.29) is 0 Å². The molecule has 0 unspecified atom stereocenters. The van der Waals surface area contributed by atoms with Crippen LogP contribution in [0, 0.1) is 0 Å². The molecule has 0 spiro atoms. The molecule has 110 valence electrons. The zero-order valence-electron chi connectivity index (χ0n) is 11.4. The second-order valence-corrected chi connectivity index (χ2v) is 5.59. The quantitative estimate of drug-likeness (QED) is 0.443. The number of nitrogens with two attached hydrogens (primary N) is 1. The molecule has 0 fully saturated rings. The van der Waals surface area contributed by atoms with Crippen molar-refractivity contribution in [1.29, 1.82) is 0 Å². The number of H-pyrrole nitrogens is 1. The van der Waals surface area contributed by atoms with Crippen LogP contribution in [0.25, 0.3) is 22.6 Å². The van der Waals surface area contributed by atoms with E-state index < -0.39 is 0 Å². The summed E-state index contributed by atoms with van der Waals surface area (Å²) in [6.45, 7) is 0. The molecular weight excluding hydrogens is 300 g/mol. The number of nitrogens with zero attached hydrogens (tertiary/aromatic N) is 4. The molecule has 4 rings (SSSR count). The fourth-order valence-electron chi connectivity index (χ4n) is 2.16. The van der Waals surface area contributed by atoms with Crippen LogP contribution in [0.2, 0.25) is 0 Å². The summed E-state index contributed by atoms with van der Waals surface area (Å²) in [5.41, 5.74) is 1.96. The monoisotopic (exact) mass is 312 g/mol. The number of furan rings is 1. The molecule has 1 aromatic carbocycles. The Balaban J connectivity index is 1.54. The molecule has 0 amide bonds. The van der Waals surface area contributed by atoms with E-state index >= 15 is 0 Å². The fraction of sp³-hybridized carbons (Fsp3) is 0.0714. The summed E-state index contributed by atoms with van der Waals surface area (Å²) in [6, 6.07) is 11.5. The number of para-hydroxylation sites is 2. The van der Waals surface area contributed by atoms with Crippen molar-refractivity contribution in [2.24, 2.45) is 0 Å². The van der Waals surface area contributed by atoms with Gasteiger partial charge in [0.25, 0.3) is 0 Å². The number of thioether (sulfide) groups is 1. The minimum atomic E-state index is 0.497. The van der Waals surface area contributed by atoms with E-state index in [1.54, 1.807) is 18.4 Å². The molecule has 0 saturated carbocycles. The van der Waals surface area contributed by atoms with Gasteiger partial charge in [-0.15, -0.1) is 10.2 Å². The molecule has 0 aliphatic carbocycles. The summed E-state index contributed by atoms with van der Waals surface area (Å²) in [5.74, 6) is 8.60. The third-order valence-corrected chi connectivity index (χ3v) is 4.14. The predicted octanol–water partition coefficient (Wildman–Crippen LogP) is 2.42. The highest BCUT2D eigenvalue weighted by atomic mass is 32.2. The molecule has 3 N–H and O–H groups in total.